The van der Waals surface area contributed by atoms with Crippen LogP contribution in [0.5, 0.6) is 0 Å². The summed E-state index contributed by atoms with van der Waals surface area (Å²) in [6.45, 7) is 1.36. The van der Waals surface area contributed by atoms with Crippen LogP contribution in [0.25, 0.3) is 0 Å². The van der Waals surface area contributed by atoms with Gasteiger partial charge in [0.15, 0.2) is 0 Å². The van der Waals surface area contributed by atoms with Gasteiger partial charge in [-0.15, -0.1) is 11.0 Å². The van der Waals surface area contributed by atoms with Gasteiger partial charge in [-0.3, -0.25) is 0 Å². The first-order chi connectivity index (χ1) is 8.00. The molecule has 0 spiro atoms. The van der Waals surface area contributed by atoms with Gasteiger partial charge in [-0.1, -0.05) is 0 Å². The molecule has 1 rings (SSSR count). The maximum Gasteiger partial charge on any atom is 1.00 e. The summed E-state index contributed by atoms with van der Waals surface area (Å²) in [5.41, 5.74) is -0.953. The van der Waals surface area contributed by atoms with E-state index in [0.717, 1.165) is 4.90 Å². The van der Waals surface area contributed by atoms with E-state index in [1.165, 1.54) is 6.92 Å². The average Bonchev–Trinajstić information content (AvgIpc) is 2.13. The molecule has 0 aromatic carbocycles. The predicted molar refractivity (Wildman–Crippen MR) is 64.2 cm³/mol. The smallest absolute Gasteiger partial charge is 0.445 e. The van der Waals surface area contributed by atoms with Crippen LogP contribution in [0.2, 0.25) is 0 Å². The fourth-order valence-corrected chi connectivity index (χ4v) is 1.75. The molecule has 0 saturated heterocycles. The molecule has 0 saturated carbocycles. The molecule has 1 aliphatic rings. The Morgan fingerprint density at radius 3 is 2.26 bits per heavy atom. The summed E-state index contributed by atoms with van der Waals surface area (Å²) in [7, 11) is 0. The maximum absolute atomic E-state index is 12.8. The van der Waals surface area contributed by atoms with Crippen LogP contribution >= 0.6 is 0 Å². The van der Waals surface area contributed by atoms with E-state index in [-0.39, 0.29) is 64.4 Å². The molecule has 0 bridgehead atoms. The zero-order chi connectivity index (χ0) is 14.1. The average molecular weight is 303 g/mol. The Kier molecular flexibility index (Phi) is 7.16. The molecule has 1 heterocycles. The van der Waals surface area contributed by atoms with Crippen LogP contribution in [0.3, 0.4) is 0 Å². The monoisotopic (exact) mass is 303 g/mol. The zero-order valence-corrected chi connectivity index (χ0v) is 15.2. The van der Waals surface area contributed by atoms with Crippen molar-refractivity contribution in [3.05, 3.63) is 11.0 Å². The first kappa shape index (κ1) is 19.5. The molecular weight excluding hydrogens is 285 g/mol. The van der Waals surface area contributed by atoms with Gasteiger partial charge in [-0.25, -0.2) is 4.79 Å². The van der Waals surface area contributed by atoms with Crippen molar-refractivity contribution in [2.24, 2.45) is 0 Å². The molecule has 0 N–H and O–H groups in total. The van der Waals surface area contributed by atoms with Gasteiger partial charge in [0.25, 0.3) is 0 Å². The molecule has 0 atom stereocenters. The topological polar surface area (TPSA) is 29.5 Å². The number of carbonyl (C=O) groups excluding carboxylic acids is 1. The fraction of sp³-hybridized carbons (Fsp3) is 0.727. The number of hydrogen-bond donors (Lipinski definition) is 0. The van der Waals surface area contributed by atoms with Crippen LogP contribution < -0.4 is 51.4 Å². The SMILES string of the molecule is CC1=C([B-](F)(F)F)CN(C(=O)OC(C)(C)C)CC1.[K+]. The van der Waals surface area contributed by atoms with Gasteiger partial charge in [-0.05, 0) is 34.1 Å². The van der Waals surface area contributed by atoms with Crippen molar-refractivity contribution in [2.45, 2.75) is 39.7 Å². The zero-order valence-electron chi connectivity index (χ0n) is 12.1. The number of ether oxygens (including phenoxy) is 1. The molecule has 0 fully saturated rings. The number of carbonyl (C=O) groups is 1. The van der Waals surface area contributed by atoms with Gasteiger partial charge in [0, 0.05) is 13.1 Å². The number of rotatable bonds is 1. The molecule has 8 heteroatoms. The fourth-order valence-electron chi connectivity index (χ4n) is 1.75. The molecule has 3 nitrogen and oxygen atoms in total. The second-order valence-corrected chi connectivity index (χ2v) is 5.53. The van der Waals surface area contributed by atoms with Crippen molar-refractivity contribution in [3.8, 4) is 0 Å². The Balaban J connectivity index is 0.00000324. The van der Waals surface area contributed by atoms with E-state index in [2.05, 4.69) is 0 Å². The summed E-state index contributed by atoms with van der Waals surface area (Å²) in [5.74, 6) is 0. The molecule has 0 aromatic heterocycles. The quantitative estimate of drug-likeness (QED) is 0.654. The summed E-state index contributed by atoms with van der Waals surface area (Å²) < 4.78 is 43.5. The Bertz CT molecular complexity index is 377. The summed E-state index contributed by atoms with van der Waals surface area (Å²) in [4.78, 5) is 12.8. The molecular formula is C11H18BF3KNO2. The van der Waals surface area contributed by atoms with Crippen LogP contribution in [0.1, 0.15) is 34.1 Å². The molecule has 104 valence electrons. The van der Waals surface area contributed by atoms with E-state index in [9.17, 15) is 17.7 Å². The van der Waals surface area contributed by atoms with Crippen molar-refractivity contribution in [1.29, 1.82) is 0 Å². The van der Waals surface area contributed by atoms with Gasteiger partial charge in [0.1, 0.15) is 5.60 Å². The summed E-state index contributed by atoms with van der Waals surface area (Å²) in [6, 6.07) is 0. The van der Waals surface area contributed by atoms with Crippen molar-refractivity contribution in [3.63, 3.8) is 0 Å². The van der Waals surface area contributed by atoms with Crippen LogP contribution in [-0.4, -0.2) is 36.7 Å². The van der Waals surface area contributed by atoms with E-state index in [1.54, 1.807) is 20.8 Å². The molecule has 19 heavy (non-hydrogen) atoms. The second-order valence-electron chi connectivity index (χ2n) is 5.53. The molecule has 1 aliphatic heterocycles. The summed E-state index contributed by atoms with van der Waals surface area (Å²) >= 11 is 0. The first-order valence-electron chi connectivity index (χ1n) is 5.87. The van der Waals surface area contributed by atoms with E-state index in [0.29, 0.717) is 5.57 Å². The van der Waals surface area contributed by atoms with Crippen LogP contribution in [-0.2, 0) is 4.74 Å². The van der Waals surface area contributed by atoms with Gasteiger partial charge in [0.05, 0.1) is 0 Å². The summed E-state index contributed by atoms with van der Waals surface area (Å²) in [5, 5.41) is 0. The van der Waals surface area contributed by atoms with Gasteiger partial charge in [0.2, 0.25) is 0 Å². The molecule has 0 unspecified atom stereocenters. The predicted octanol–water partition coefficient (Wildman–Crippen LogP) is 0.334. The minimum Gasteiger partial charge on any atom is -0.445 e. The number of nitrogens with zero attached hydrogens (tertiary/aromatic N) is 1. The minimum absolute atomic E-state index is 0. The van der Waals surface area contributed by atoms with Crippen molar-refractivity contribution in [1.82, 2.24) is 4.90 Å². The normalized spacial score (nSPS) is 17.1. The third-order valence-corrected chi connectivity index (χ3v) is 2.71. The van der Waals surface area contributed by atoms with Crippen molar-refractivity contribution in [2.75, 3.05) is 13.1 Å². The van der Waals surface area contributed by atoms with E-state index < -0.39 is 30.7 Å². The number of halogens is 3. The van der Waals surface area contributed by atoms with Gasteiger partial charge >= 0.3 is 64.5 Å². The minimum atomic E-state index is -5.04. The Morgan fingerprint density at radius 1 is 1.32 bits per heavy atom. The van der Waals surface area contributed by atoms with Crippen LogP contribution in [0.15, 0.2) is 11.0 Å². The van der Waals surface area contributed by atoms with E-state index >= 15 is 0 Å². The molecule has 1 amide bonds. The van der Waals surface area contributed by atoms with Gasteiger partial charge < -0.3 is 22.6 Å². The molecule has 0 aliphatic carbocycles. The second kappa shape index (κ2) is 6.98. The van der Waals surface area contributed by atoms with Crippen LogP contribution in [0, 0.1) is 0 Å². The van der Waals surface area contributed by atoms with Crippen molar-refractivity contribution < 1.29 is 73.9 Å². The number of amides is 1. The standard InChI is InChI=1S/C11H18BF3NO2.K/c1-8-5-6-16(7-9(8)12(13,14)15)10(17)18-11(2,3)4;/h5-7H2,1-4H3;/q-1;+1. The third-order valence-electron chi connectivity index (χ3n) is 2.71. The van der Waals surface area contributed by atoms with Gasteiger partial charge in [-0.2, -0.15) is 0 Å². The maximum atomic E-state index is 12.8. The molecule has 0 aromatic rings. The Hall–Kier alpha value is 0.501. The van der Waals surface area contributed by atoms with E-state index in [4.69, 9.17) is 4.74 Å². The van der Waals surface area contributed by atoms with Crippen LogP contribution in [0.4, 0.5) is 17.7 Å². The molecule has 0 radical (unpaired) electrons. The third kappa shape index (κ3) is 6.20. The first-order valence-corrected chi connectivity index (χ1v) is 5.87. The van der Waals surface area contributed by atoms with Crippen molar-refractivity contribution >= 4 is 13.1 Å². The number of hydrogen-bond acceptors (Lipinski definition) is 2. The Labute approximate surface area is 154 Å². The van der Waals surface area contributed by atoms with E-state index in [1.807, 2.05) is 0 Å². The Morgan fingerprint density at radius 2 is 1.84 bits per heavy atom. The summed E-state index contributed by atoms with van der Waals surface area (Å²) in [6.07, 6.45) is -0.442. The largest absolute Gasteiger partial charge is 1.00 e.